The average molecular weight is 635 g/mol. The third-order valence-corrected chi connectivity index (χ3v) is 9.30. The zero-order chi connectivity index (χ0) is 32.7. The van der Waals surface area contributed by atoms with Crippen LogP contribution in [0.2, 0.25) is 0 Å². The van der Waals surface area contributed by atoms with Crippen LogP contribution in [-0.2, 0) is 12.0 Å². The van der Waals surface area contributed by atoms with Crippen LogP contribution < -0.4 is 15.4 Å². The summed E-state index contributed by atoms with van der Waals surface area (Å²) in [4.78, 5) is 15.9. The minimum absolute atomic E-state index is 0.0786. The minimum Gasteiger partial charge on any atom is -0.484 e. The number of fused-ring (bicyclic) bond motifs is 2. The number of carbonyl (C=O) groups excluding carboxylic acids is 1. The summed E-state index contributed by atoms with van der Waals surface area (Å²) in [5.74, 6) is 2.26. The number of aromatic nitrogens is 5. The van der Waals surface area contributed by atoms with Gasteiger partial charge in [0, 0.05) is 11.5 Å². The zero-order valence-corrected chi connectivity index (χ0v) is 27.3. The van der Waals surface area contributed by atoms with Crippen LogP contribution in [0.3, 0.4) is 0 Å². The third-order valence-electron chi connectivity index (χ3n) is 9.30. The second-order valence-electron chi connectivity index (χ2n) is 13.7. The molecule has 1 unspecified atom stereocenters. The standard InChI is InChI=1S/C36H42N8O3/c1-36(2,3)31-20-33(44(41-31)24-10-7-9-23(19-24)22-45)38-35(46)37-28-15-16-30(27-12-6-5-11-26(27)28)47-25-14-17-32-39-40-34(43(32)21-25)29-13-8-18-42(29)4/h5-7,9-12,14,17,19-21,28-30,45H,8,13,15-16,18,22H2,1-4H3,(H2,37,38,46)/t28-,29?,30+/m0/s1. The Labute approximate surface area is 274 Å². The maximum Gasteiger partial charge on any atom is 0.320 e. The van der Waals surface area contributed by atoms with E-state index in [4.69, 9.17) is 9.84 Å². The summed E-state index contributed by atoms with van der Waals surface area (Å²) in [5, 5.41) is 29.7. The van der Waals surface area contributed by atoms with Gasteiger partial charge in [0.15, 0.2) is 11.5 Å². The normalized spacial score (nSPS) is 19.9. The molecule has 3 atom stereocenters. The van der Waals surface area contributed by atoms with Crippen molar-refractivity contribution in [3.05, 3.63) is 101 Å². The van der Waals surface area contributed by atoms with E-state index in [1.54, 1.807) is 4.68 Å². The van der Waals surface area contributed by atoms with E-state index in [9.17, 15) is 9.90 Å². The SMILES string of the molecule is CN1CCCC1c1nnc2ccc(O[C@@H]3CC[C@H](NC(=O)Nc4cc(C(C)(C)C)nn4-c4cccc(CO)c4)c4ccccc43)cn12. The van der Waals surface area contributed by atoms with Crippen molar-refractivity contribution in [3.63, 3.8) is 0 Å². The number of hydrogen-bond acceptors (Lipinski definition) is 7. The number of aliphatic hydroxyl groups is 1. The molecule has 0 saturated carbocycles. The van der Waals surface area contributed by atoms with Crippen molar-refractivity contribution in [2.24, 2.45) is 0 Å². The Morgan fingerprint density at radius 3 is 2.60 bits per heavy atom. The lowest BCUT2D eigenvalue weighted by Gasteiger charge is -2.32. The lowest BCUT2D eigenvalue weighted by molar-refractivity contribution is 0.171. The van der Waals surface area contributed by atoms with E-state index >= 15 is 0 Å². The van der Waals surface area contributed by atoms with Crippen LogP contribution in [0.15, 0.2) is 72.9 Å². The van der Waals surface area contributed by atoms with Gasteiger partial charge in [0.2, 0.25) is 0 Å². The van der Waals surface area contributed by atoms with Crippen molar-refractivity contribution in [3.8, 4) is 11.4 Å². The van der Waals surface area contributed by atoms with Gasteiger partial charge in [0.1, 0.15) is 17.7 Å². The number of amides is 2. The maximum absolute atomic E-state index is 13.5. The molecule has 0 bridgehead atoms. The molecule has 47 heavy (non-hydrogen) atoms. The van der Waals surface area contributed by atoms with E-state index < -0.39 is 0 Å². The van der Waals surface area contributed by atoms with Gasteiger partial charge in [-0.15, -0.1) is 10.2 Å². The van der Waals surface area contributed by atoms with Gasteiger partial charge in [0.05, 0.1) is 36.3 Å². The number of hydrogen-bond donors (Lipinski definition) is 3. The predicted molar refractivity (Wildman–Crippen MR) is 180 cm³/mol. The summed E-state index contributed by atoms with van der Waals surface area (Å²) in [7, 11) is 2.14. The Bertz CT molecular complexity index is 1910. The number of likely N-dealkylation sites (tertiary alicyclic amines) is 1. The van der Waals surface area contributed by atoms with Crippen LogP contribution in [0.5, 0.6) is 5.75 Å². The summed E-state index contributed by atoms with van der Waals surface area (Å²) in [5.41, 5.74) is 5.06. The van der Waals surface area contributed by atoms with Crippen LogP contribution in [-0.4, -0.2) is 54.0 Å². The molecule has 1 saturated heterocycles. The van der Waals surface area contributed by atoms with Crippen LogP contribution in [0, 0.1) is 0 Å². The number of ether oxygens (including phenoxy) is 1. The Morgan fingerprint density at radius 2 is 1.83 bits per heavy atom. The van der Waals surface area contributed by atoms with Gasteiger partial charge >= 0.3 is 6.03 Å². The van der Waals surface area contributed by atoms with Gasteiger partial charge in [-0.1, -0.05) is 57.2 Å². The summed E-state index contributed by atoms with van der Waals surface area (Å²) in [6, 6.07) is 21.2. The van der Waals surface area contributed by atoms with E-state index in [1.807, 2.05) is 60.8 Å². The van der Waals surface area contributed by atoms with Gasteiger partial charge in [0.25, 0.3) is 0 Å². The molecule has 0 radical (unpaired) electrons. The fourth-order valence-corrected chi connectivity index (χ4v) is 6.74. The van der Waals surface area contributed by atoms with Gasteiger partial charge < -0.3 is 15.2 Å². The quantitative estimate of drug-likeness (QED) is 0.194. The highest BCUT2D eigenvalue weighted by molar-refractivity contribution is 5.89. The van der Waals surface area contributed by atoms with Gasteiger partial charge in [-0.25, -0.2) is 9.48 Å². The summed E-state index contributed by atoms with van der Waals surface area (Å²) >= 11 is 0. The Morgan fingerprint density at radius 1 is 1.00 bits per heavy atom. The van der Waals surface area contributed by atoms with Crippen LogP contribution in [0.4, 0.5) is 10.6 Å². The number of nitrogens with one attached hydrogen (secondary N) is 2. The summed E-state index contributed by atoms with van der Waals surface area (Å²) in [6.45, 7) is 7.24. The summed E-state index contributed by atoms with van der Waals surface area (Å²) < 4.78 is 10.4. The Hall–Kier alpha value is -4.74. The number of aliphatic hydroxyl groups excluding tert-OH is 1. The number of nitrogens with zero attached hydrogens (tertiary/aromatic N) is 6. The monoisotopic (exact) mass is 634 g/mol. The van der Waals surface area contributed by atoms with Crippen LogP contribution in [0.25, 0.3) is 11.3 Å². The molecule has 11 heteroatoms. The molecule has 5 aromatic rings. The number of pyridine rings is 1. The highest BCUT2D eigenvalue weighted by Crippen LogP contribution is 2.39. The van der Waals surface area contributed by atoms with E-state index in [0.717, 1.165) is 71.1 Å². The topological polar surface area (TPSA) is 122 Å². The first-order chi connectivity index (χ1) is 22.7. The molecule has 4 heterocycles. The fraction of sp³-hybridized carbons (Fsp3) is 0.389. The van der Waals surface area contributed by atoms with Crippen molar-refractivity contribution >= 4 is 17.5 Å². The molecule has 7 rings (SSSR count). The molecule has 11 nitrogen and oxygen atoms in total. The molecular weight excluding hydrogens is 592 g/mol. The Kier molecular flexibility index (Phi) is 8.19. The molecular formula is C36H42N8O3. The van der Waals surface area contributed by atoms with E-state index in [-0.39, 0.29) is 36.2 Å². The molecule has 2 aliphatic rings. The van der Waals surface area contributed by atoms with Crippen LogP contribution in [0.1, 0.15) is 92.9 Å². The van der Waals surface area contributed by atoms with Crippen molar-refractivity contribution in [2.75, 3.05) is 18.9 Å². The number of anilines is 1. The van der Waals surface area contributed by atoms with Gasteiger partial charge in [-0.3, -0.25) is 14.6 Å². The molecule has 3 N–H and O–H groups in total. The lowest BCUT2D eigenvalue weighted by Crippen LogP contribution is -2.36. The molecule has 1 fully saturated rings. The second kappa shape index (κ2) is 12.5. The van der Waals surface area contributed by atoms with E-state index in [1.165, 1.54) is 0 Å². The lowest BCUT2D eigenvalue weighted by atomic mass is 9.85. The molecule has 0 spiro atoms. The average Bonchev–Trinajstić information content (AvgIpc) is 3.80. The minimum atomic E-state index is -0.313. The fourth-order valence-electron chi connectivity index (χ4n) is 6.74. The maximum atomic E-state index is 13.5. The number of rotatable bonds is 7. The van der Waals surface area contributed by atoms with Crippen molar-refractivity contribution in [1.82, 2.24) is 34.6 Å². The Balaban J connectivity index is 1.09. The van der Waals surface area contributed by atoms with Gasteiger partial charge in [-0.05, 0) is 80.2 Å². The molecule has 1 aliphatic carbocycles. The third kappa shape index (κ3) is 6.20. The van der Waals surface area contributed by atoms with E-state index in [2.05, 4.69) is 70.1 Å². The molecule has 2 amide bonds. The van der Waals surface area contributed by atoms with Crippen molar-refractivity contribution < 1.29 is 14.6 Å². The highest BCUT2D eigenvalue weighted by atomic mass is 16.5. The van der Waals surface area contributed by atoms with Gasteiger partial charge in [-0.2, -0.15) is 5.10 Å². The first-order valence-electron chi connectivity index (χ1n) is 16.4. The van der Waals surface area contributed by atoms with Crippen LogP contribution >= 0.6 is 0 Å². The molecule has 3 aromatic heterocycles. The predicted octanol–water partition coefficient (Wildman–Crippen LogP) is 6.25. The molecule has 2 aromatic carbocycles. The van der Waals surface area contributed by atoms with Crippen molar-refractivity contribution in [1.29, 1.82) is 0 Å². The van der Waals surface area contributed by atoms with Crippen molar-refractivity contribution in [2.45, 2.75) is 76.7 Å². The first kappa shape index (κ1) is 30.9. The second-order valence-corrected chi connectivity index (χ2v) is 13.7. The van der Waals surface area contributed by atoms with E-state index in [0.29, 0.717) is 12.2 Å². The smallest absolute Gasteiger partial charge is 0.320 e. The molecule has 244 valence electrons. The number of benzene rings is 2. The highest BCUT2D eigenvalue weighted by Gasteiger charge is 2.31. The zero-order valence-electron chi connectivity index (χ0n) is 27.3. The first-order valence-corrected chi connectivity index (χ1v) is 16.4. The largest absolute Gasteiger partial charge is 0.484 e. The summed E-state index contributed by atoms with van der Waals surface area (Å²) in [6.07, 6.45) is 5.51. The molecule has 1 aliphatic heterocycles. The number of carbonyl (C=O) groups is 1. The number of urea groups is 1.